The van der Waals surface area contributed by atoms with E-state index >= 15 is 0 Å². The molecule has 0 aromatic carbocycles. The molecule has 0 aromatic heterocycles. The predicted molar refractivity (Wildman–Crippen MR) is 45.4 cm³/mol. The van der Waals surface area contributed by atoms with Crippen LogP contribution in [0.3, 0.4) is 0 Å². The van der Waals surface area contributed by atoms with Crippen molar-refractivity contribution in [2.45, 2.75) is 24.5 Å². The van der Waals surface area contributed by atoms with Gasteiger partial charge in [-0.2, -0.15) is 21.6 Å². The molecule has 1 amide bonds. The molecule has 96 valence electrons. The van der Waals surface area contributed by atoms with Gasteiger partial charge in [-0.1, -0.05) is 6.92 Å². The van der Waals surface area contributed by atoms with Crippen LogP contribution in [0.15, 0.2) is 0 Å². The SMILES string of the molecule is CCC(O)(CO)C(=O)NS(=O)(=O)C(F)(F)F. The first-order valence-corrected chi connectivity index (χ1v) is 5.45. The molecule has 0 aliphatic carbocycles. The van der Waals surface area contributed by atoms with Crippen molar-refractivity contribution in [1.29, 1.82) is 0 Å². The summed E-state index contributed by atoms with van der Waals surface area (Å²) in [5.74, 6) is -1.82. The van der Waals surface area contributed by atoms with Gasteiger partial charge in [-0.15, -0.1) is 0 Å². The second kappa shape index (κ2) is 4.55. The van der Waals surface area contributed by atoms with E-state index in [0.717, 1.165) is 0 Å². The van der Waals surface area contributed by atoms with Crippen LogP contribution in [0.25, 0.3) is 0 Å². The van der Waals surface area contributed by atoms with Crippen molar-refractivity contribution in [1.82, 2.24) is 4.72 Å². The third-order valence-corrected chi connectivity index (χ3v) is 2.86. The topological polar surface area (TPSA) is 104 Å². The van der Waals surface area contributed by atoms with E-state index in [1.54, 1.807) is 0 Å². The van der Waals surface area contributed by atoms with Gasteiger partial charge in [-0.05, 0) is 6.42 Å². The van der Waals surface area contributed by atoms with Gasteiger partial charge >= 0.3 is 15.5 Å². The van der Waals surface area contributed by atoms with Crippen molar-refractivity contribution in [3.8, 4) is 0 Å². The van der Waals surface area contributed by atoms with Gasteiger partial charge < -0.3 is 10.2 Å². The van der Waals surface area contributed by atoms with Crippen molar-refractivity contribution < 1.29 is 36.6 Å². The molecule has 0 rings (SSSR count). The molecule has 10 heteroatoms. The van der Waals surface area contributed by atoms with Gasteiger partial charge in [-0.3, -0.25) is 4.79 Å². The molecule has 6 nitrogen and oxygen atoms in total. The van der Waals surface area contributed by atoms with E-state index in [9.17, 15) is 31.5 Å². The Morgan fingerprint density at radius 3 is 2.06 bits per heavy atom. The quantitative estimate of drug-likeness (QED) is 0.610. The monoisotopic (exact) mass is 265 g/mol. The number of hydrogen-bond acceptors (Lipinski definition) is 5. The van der Waals surface area contributed by atoms with E-state index in [1.807, 2.05) is 0 Å². The second-order valence-electron chi connectivity index (χ2n) is 2.92. The number of sulfonamides is 1. The first kappa shape index (κ1) is 15.1. The predicted octanol–water partition coefficient (Wildman–Crippen LogP) is -0.914. The minimum Gasteiger partial charge on any atom is -0.393 e. The summed E-state index contributed by atoms with van der Waals surface area (Å²) in [7, 11) is -5.87. The molecule has 1 atom stereocenters. The molecule has 0 radical (unpaired) electrons. The molecule has 0 aliphatic rings. The molecule has 0 aromatic rings. The lowest BCUT2D eigenvalue weighted by Gasteiger charge is -2.22. The molecular formula is C6H10F3NO5S. The van der Waals surface area contributed by atoms with Crippen LogP contribution >= 0.6 is 0 Å². The average molecular weight is 265 g/mol. The number of carbonyl (C=O) groups excluding carboxylic acids is 1. The Kier molecular flexibility index (Phi) is 4.31. The highest BCUT2D eigenvalue weighted by atomic mass is 32.2. The van der Waals surface area contributed by atoms with E-state index in [4.69, 9.17) is 5.11 Å². The van der Waals surface area contributed by atoms with Crippen LogP contribution in [0, 0.1) is 0 Å². The van der Waals surface area contributed by atoms with Gasteiger partial charge in [0.1, 0.15) is 0 Å². The summed E-state index contributed by atoms with van der Waals surface area (Å²) < 4.78 is 57.1. The lowest BCUT2D eigenvalue weighted by atomic mass is 10.0. The summed E-state index contributed by atoms with van der Waals surface area (Å²) in [6.45, 7) is -0.00127. The number of alkyl halides is 3. The van der Waals surface area contributed by atoms with Gasteiger partial charge in [0.15, 0.2) is 5.60 Å². The number of hydrogen-bond donors (Lipinski definition) is 3. The average Bonchev–Trinajstić information content (AvgIpc) is 2.14. The minimum absolute atomic E-state index is 0.442. The largest absolute Gasteiger partial charge is 0.516 e. The van der Waals surface area contributed by atoms with E-state index in [-0.39, 0.29) is 0 Å². The third-order valence-electron chi connectivity index (χ3n) is 1.80. The zero-order chi connectivity index (χ0) is 13.2. The van der Waals surface area contributed by atoms with E-state index < -0.39 is 40.1 Å². The zero-order valence-electron chi connectivity index (χ0n) is 8.08. The molecular weight excluding hydrogens is 255 g/mol. The highest BCUT2D eigenvalue weighted by Crippen LogP contribution is 2.22. The summed E-state index contributed by atoms with van der Waals surface area (Å²) in [6.07, 6.45) is -0.442. The van der Waals surface area contributed by atoms with Crippen LogP contribution in [0.4, 0.5) is 13.2 Å². The molecule has 1 unspecified atom stereocenters. The summed E-state index contributed by atoms with van der Waals surface area (Å²) in [5, 5.41) is 17.8. The molecule has 3 N–H and O–H groups in total. The van der Waals surface area contributed by atoms with Crippen LogP contribution < -0.4 is 4.72 Å². The lowest BCUT2D eigenvalue weighted by Crippen LogP contribution is -2.53. The summed E-state index contributed by atoms with van der Waals surface area (Å²) in [6, 6.07) is 0. The van der Waals surface area contributed by atoms with Crippen molar-refractivity contribution >= 4 is 15.9 Å². The van der Waals surface area contributed by atoms with Crippen LogP contribution in [0.1, 0.15) is 13.3 Å². The Balaban J connectivity index is 4.97. The number of halogens is 3. The number of aliphatic hydroxyl groups excluding tert-OH is 1. The van der Waals surface area contributed by atoms with E-state index in [1.165, 1.54) is 6.92 Å². The van der Waals surface area contributed by atoms with Gasteiger partial charge in [0.05, 0.1) is 6.61 Å². The Bertz CT molecular complexity index is 359. The third kappa shape index (κ3) is 3.06. The maximum Gasteiger partial charge on any atom is 0.516 e. The first-order valence-electron chi connectivity index (χ1n) is 3.97. The number of aliphatic hydroxyl groups is 2. The molecule has 0 saturated carbocycles. The van der Waals surface area contributed by atoms with E-state index in [2.05, 4.69) is 0 Å². The second-order valence-corrected chi connectivity index (χ2v) is 4.60. The Hall–Kier alpha value is -0.870. The van der Waals surface area contributed by atoms with Crippen molar-refractivity contribution in [3.63, 3.8) is 0 Å². The molecule has 0 heterocycles. The lowest BCUT2D eigenvalue weighted by molar-refractivity contribution is -0.142. The van der Waals surface area contributed by atoms with Gasteiger partial charge in [0.2, 0.25) is 0 Å². The Morgan fingerprint density at radius 1 is 1.38 bits per heavy atom. The summed E-state index contributed by atoms with van der Waals surface area (Å²) in [5.41, 5.74) is -8.22. The number of rotatable bonds is 4. The molecule has 0 aliphatic heterocycles. The fraction of sp³-hybridized carbons (Fsp3) is 0.833. The molecule has 0 bridgehead atoms. The van der Waals surface area contributed by atoms with Crippen molar-refractivity contribution in [2.75, 3.05) is 6.61 Å². The fourth-order valence-corrected chi connectivity index (χ4v) is 1.17. The fourth-order valence-electron chi connectivity index (χ4n) is 0.619. The first-order chi connectivity index (χ1) is 7.00. The Labute approximate surface area is 89.1 Å². The molecule has 0 spiro atoms. The number of amides is 1. The number of carbonyl (C=O) groups is 1. The Morgan fingerprint density at radius 2 is 1.81 bits per heavy atom. The number of nitrogens with one attached hydrogen (secondary N) is 1. The summed E-state index contributed by atoms with van der Waals surface area (Å²) >= 11 is 0. The zero-order valence-corrected chi connectivity index (χ0v) is 8.89. The van der Waals surface area contributed by atoms with Crippen LogP contribution in [-0.4, -0.2) is 42.3 Å². The summed E-state index contributed by atoms with van der Waals surface area (Å²) in [4.78, 5) is 11.0. The maximum atomic E-state index is 11.8. The molecule has 0 saturated heterocycles. The van der Waals surface area contributed by atoms with Crippen molar-refractivity contribution in [2.24, 2.45) is 0 Å². The maximum absolute atomic E-state index is 11.8. The van der Waals surface area contributed by atoms with Gasteiger partial charge in [-0.25, -0.2) is 4.72 Å². The van der Waals surface area contributed by atoms with Crippen molar-refractivity contribution in [3.05, 3.63) is 0 Å². The van der Waals surface area contributed by atoms with Crippen LogP contribution in [0.5, 0.6) is 0 Å². The van der Waals surface area contributed by atoms with Crippen LogP contribution in [-0.2, 0) is 14.8 Å². The highest BCUT2D eigenvalue weighted by Gasteiger charge is 2.49. The van der Waals surface area contributed by atoms with E-state index in [0.29, 0.717) is 4.72 Å². The van der Waals surface area contributed by atoms with Gasteiger partial charge in [0, 0.05) is 0 Å². The minimum atomic E-state index is -5.87. The standard InChI is InChI=1S/C6H10F3NO5S/c1-2-5(13,3-11)4(12)10-16(14,15)6(7,8)9/h11,13H,2-3H2,1H3,(H,10,12). The smallest absolute Gasteiger partial charge is 0.393 e. The highest BCUT2D eigenvalue weighted by molar-refractivity contribution is 7.90. The molecule has 16 heavy (non-hydrogen) atoms. The van der Waals surface area contributed by atoms with Gasteiger partial charge in [0.25, 0.3) is 5.91 Å². The normalized spacial score (nSPS) is 16.6. The molecule has 0 fully saturated rings. The van der Waals surface area contributed by atoms with Crippen LogP contribution in [0.2, 0.25) is 0 Å².